The third-order valence-corrected chi connectivity index (χ3v) is 4.90. The molecule has 182 valence electrons. The van der Waals surface area contributed by atoms with Crippen molar-refractivity contribution in [2.75, 3.05) is 40.6 Å². The second-order valence-corrected chi connectivity index (χ2v) is 7.25. The van der Waals surface area contributed by atoms with Crippen LogP contribution in [0.1, 0.15) is 41.4 Å². The molecule has 9 heteroatoms. The summed E-state index contributed by atoms with van der Waals surface area (Å²) in [5.74, 6) is -2.28. The molecule has 0 N–H and O–H groups in total. The molecule has 0 radical (unpaired) electrons. The molecule has 0 fully saturated rings. The number of carbonyl (C=O) groups is 4. The summed E-state index contributed by atoms with van der Waals surface area (Å²) in [7, 11) is 2.80. The lowest BCUT2D eigenvalue weighted by molar-refractivity contribution is 0.0265. The van der Waals surface area contributed by atoms with E-state index in [0.29, 0.717) is 11.1 Å². The largest absolute Gasteiger partial charge is 0.465 e. The van der Waals surface area contributed by atoms with Crippen molar-refractivity contribution in [1.82, 2.24) is 0 Å². The van der Waals surface area contributed by atoms with Crippen molar-refractivity contribution in [2.45, 2.75) is 0 Å². The van der Waals surface area contributed by atoms with Crippen LogP contribution in [-0.4, -0.2) is 64.5 Å². The summed E-state index contributed by atoms with van der Waals surface area (Å²) in [6.07, 6.45) is 0. The Hall–Kier alpha value is -4.24. The number of hydrogen-bond donors (Lipinski definition) is 0. The topological polar surface area (TPSA) is 114 Å². The van der Waals surface area contributed by atoms with Crippen molar-refractivity contribution in [1.29, 1.82) is 0 Å². The number of hydrogen-bond acceptors (Lipinski definition) is 9. The molecule has 0 spiro atoms. The van der Waals surface area contributed by atoms with Crippen molar-refractivity contribution in [2.24, 2.45) is 0 Å². The second-order valence-electron chi connectivity index (χ2n) is 7.25. The van der Waals surface area contributed by atoms with Crippen LogP contribution >= 0.6 is 0 Å². The van der Waals surface area contributed by atoms with E-state index in [2.05, 4.69) is 0 Å². The molecular formula is C26H24O9. The van der Waals surface area contributed by atoms with Gasteiger partial charge in [-0.25, -0.2) is 19.2 Å². The van der Waals surface area contributed by atoms with Crippen molar-refractivity contribution in [3.8, 4) is 0 Å². The van der Waals surface area contributed by atoms with Crippen LogP contribution in [0.4, 0.5) is 0 Å². The fourth-order valence-electron chi connectivity index (χ4n) is 3.13. The first-order chi connectivity index (χ1) is 16.9. The van der Waals surface area contributed by atoms with Crippen LogP contribution in [0.3, 0.4) is 0 Å². The lowest BCUT2D eigenvalue weighted by atomic mass is 10.0. The zero-order valence-corrected chi connectivity index (χ0v) is 19.3. The molecule has 0 aliphatic heterocycles. The molecule has 3 rings (SSSR count). The predicted molar refractivity (Wildman–Crippen MR) is 124 cm³/mol. The average molecular weight is 480 g/mol. The van der Waals surface area contributed by atoms with Gasteiger partial charge in [-0.2, -0.15) is 0 Å². The minimum atomic E-state index is -0.667. The molecule has 0 amide bonds. The Morgan fingerprint density at radius 3 is 1.43 bits per heavy atom. The number of ether oxygens (including phenoxy) is 5. The van der Waals surface area contributed by atoms with E-state index in [1.54, 1.807) is 36.4 Å². The van der Waals surface area contributed by atoms with Gasteiger partial charge in [0.15, 0.2) is 0 Å². The maximum atomic E-state index is 12.4. The Kier molecular flexibility index (Phi) is 8.91. The van der Waals surface area contributed by atoms with E-state index < -0.39 is 23.9 Å². The summed E-state index contributed by atoms with van der Waals surface area (Å²) >= 11 is 0. The highest BCUT2D eigenvalue weighted by molar-refractivity contribution is 5.99. The van der Waals surface area contributed by atoms with Gasteiger partial charge in [-0.3, -0.25) is 0 Å². The third kappa shape index (κ3) is 6.87. The van der Waals surface area contributed by atoms with Gasteiger partial charge in [-0.05, 0) is 53.2 Å². The summed E-state index contributed by atoms with van der Waals surface area (Å²) in [5, 5.41) is 1.52. The SMILES string of the molecule is COCCOC(=O)c1cccc(C(=O)OCCOC(=O)c2ccc3cc(C(=O)OC)ccc3c2)c1. The summed E-state index contributed by atoms with van der Waals surface area (Å²) in [6.45, 7) is 0.0502. The zero-order valence-electron chi connectivity index (χ0n) is 19.3. The van der Waals surface area contributed by atoms with Crippen molar-refractivity contribution >= 4 is 34.6 Å². The molecule has 35 heavy (non-hydrogen) atoms. The number of esters is 4. The number of methoxy groups -OCH3 is 2. The van der Waals surface area contributed by atoms with E-state index in [1.807, 2.05) is 0 Å². The molecule has 0 aliphatic carbocycles. The summed E-state index contributed by atoms with van der Waals surface area (Å²) in [4.78, 5) is 48.3. The van der Waals surface area contributed by atoms with Crippen LogP contribution in [0.25, 0.3) is 10.8 Å². The van der Waals surface area contributed by atoms with Crippen molar-refractivity contribution in [3.05, 3.63) is 82.9 Å². The van der Waals surface area contributed by atoms with E-state index in [0.717, 1.165) is 10.8 Å². The van der Waals surface area contributed by atoms with E-state index >= 15 is 0 Å². The third-order valence-electron chi connectivity index (χ3n) is 4.90. The molecule has 0 saturated heterocycles. The molecular weight excluding hydrogens is 456 g/mol. The highest BCUT2D eigenvalue weighted by Crippen LogP contribution is 2.19. The monoisotopic (exact) mass is 480 g/mol. The molecule has 0 aliphatic rings. The van der Waals surface area contributed by atoms with Crippen molar-refractivity contribution < 1.29 is 42.9 Å². The number of carbonyl (C=O) groups excluding carboxylic acids is 4. The van der Waals surface area contributed by atoms with Gasteiger partial charge in [0.05, 0.1) is 36.0 Å². The summed E-state index contributed by atoms with van der Waals surface area (Å²) < 4.78 is 24.9. The molecule has 3 aromatic rings. The van der Waals surface area contributed by atoms with Gasteiger partial charge in [-0.1, -0.05) is 18.2 Å². The molecule has 9 nitrogen and oxygen atoms in total. The van der Waals surface area contributed by atoms with E-state index in [-0.39, 0.29) is 37.6 Å². The minimum Gasteiger partial charge on any atom is -0.465 e. The fraction of sp³-hybridized carbons (Fsp3) is 0.231. The van der Waals surface area contributed by atoms with Crippen LogP contribution < -0.4 is 0 Å². The maximum Gasteiger partial charge on any atom is 0.338 e. The molecule has 0 atom stereocenters. The van der Waals surface area contributed by atoms with Gasteiger partial charge in [-0.15, -0.1) is 0 Å². The van der Waals surface area contributed by atoms with Gasteiger partial charge < -0.3 is 23.7 Å². The number of fused-ring (bicyclic) bond motifs is 1. The number of rotatable bonds is 10. The average Bonchev–Trinajstić information content (AvgIpc) is 2.89. The Balaban J connectivity index is 1.50. The first-order valence-corrected chi connectivity index (χ1v) is 10.7. The lowest BCUT2D eigenvalue weighted by Gasteiger charge is -2.09. The molecule has 0 saturated carbocycles. The zero-order chi connectivity index (χ0) is 25.2. The highest BCUT2D eigenvalue weighted by Gasteiger charge is 2.14. The smallest absolute Gasteiger partial charge is 0.338 e. The number of benzene rings is 3. The van der Waals surface area contributed by atoms with E-state index in [1.165, 1.54) is 38.5 Å². The fourth-order valence-corrected chi connectivity index (χ4v) is 3.13. The van der Waals surface area contributed by atoms with Crippen LogP contribution in [0, 0.1) is 0 Å². The Morgan fingerprint density at radius 1 is 0.543 bits per heavy atom. The van der Waals surface area contributed by atoms with Gasteiger partial charge in [0, 0.05) is 7.11 Å². The molecule has 0 heterocycles. The maximum absolute atomic E-state index is 12.4. The van der Waals surface area contributed by atoms with Gasteiger partial charge in [0.1, 0.15) is 19.8 Å². The van der Waals surface area contributed by atoms with E-state index in [9.17, 15) is 19.2 Å². The second kappa shape index (κ2) is 12.3. The normalized spacial score (nSPS) is 10.5. The lowest BCUT2D eigenvalue weighted by Crippen LogP contribution is -2.15. The quantitative estimate of drug-likeness (QED) is 0.244. The minimum absolute atomic E-state index is 0.0983. The molecule has 0 bridgehead atoms. The molecule has 0 aromatic heterocycles. The van der Waals surface area contributed by atoms with Gasteiger partial charge >= 0.3 is 23.9 Å². The Labute approximate surface area is 201 Å². The van der Waals surface area contributed by atoms with Gasteiger partial charge in [0.25, 0.3) is 0 Å². The van der Waals surface area contributed by atoms with Crippen molar-refractivity contribution in [3.63, 3.8) is 0 Å². The summed E-state index contributed by atoms with van der Waals surface area (Å²) in [6, 6.07) is 15.8. The Morgan fingerprint density at radius 2 is 0.971 bits per heavy atom. The highest BCUT2D eigenvalue weighted by atomic mass is 16.6. The molecule has 0 unspecified atom stereocenters. The van der Waals surface area contributed by atoms with Crippen LogP contribution in [0.5, 0.6) is 0 Å². The van der Waals surface area contributed by atoms with Crippen LogP contribution in [0.15, 0.2) is 60.7 Å². The van der Waals surface area contributed by atoms with E-state index in [4.69, 9.17) is 23.7 Å². The van der Waals surface area contributed by atoms with Crippen LogP contribution in [0.2, 0.25) is 0 Å². The molecule has 3 aromatic carbocycles. The Bertz CT molecular complexity index is 1230. The summed E-state index contributed by atoms with van der Waals surface area (Å²) in [5.41, 5.74) is 1.09. The first-order valence-electron chi connectivity index (χ1n) is 10.7. The predicted octanol–water partition coefficient (Wildman–Crippen LogP) is 3.44. The van der Waals surface area contributed by atoms with Gasteiger partial charge in [0.2, 0.25) is 0 Å². The van der Waals surface area contributed by atoms with Crippen LogP contribution in [-0.2, 0) is 23.7 Å². The first kappa shape index (κ1) is 25.4. The standard InChI is InChI=1S/C26H24O9/c1-31-10-11-33-24(28)19-4-3-5-20(16-19)25(29)34-12-13-35-26(30)22-9-7-17-14-21(23(27)32-2)8-6-18(17)15-22/h3-9,14-16H,10-13H2,1-2H3.